The Morgan fingerprint density at radius 3 is 2.58 bits per heavy atom. The molecular weight excluding hydrogens is 330 g/mol. The minimum atomic E-state index is -0.729. The van der Waals surface area contributed by atoms with Crippen molar-refractivity contribution < 1.29 is 14.4 Å². The molecule has 2 rings (SSSR count). The minimum absolute atomic E-state index is 0.392. The third-order valence-electron chi connectivity index (χ3n) is 3.36. The quantitative estimate of drug-likeness (QED) is 0.561. The van der Waals surface area contributed by atoms with E-state index in [0.29, 0.717) is 6.54 Å². The van der Waals surface area contributed by atoms with Crippen molar-refractivity contribution >= 4 is 17.7 Å². The van der Waals surface area contributed by atoms with Crippen LogP contribution >= 0.6 is 11.6 Å². The molecule has 0 saturated heterocycles. The number of amides is 1. The first-order valence-electron chi connectivity index (χ1n) is 7.84. The zero-order valence-electron chi connectivity index (χ0n) is 14.1. The molecule has 0 aliphatic carbocycles. The van der Waals surface area contributed by atoms with Gasteiger partial charge in [0, 0.05) is 13.2 Å². The molecule has 0 fully saturated rings. The third kappa shape index (κ3) is 4.72. The molecule has 0 radical (unpaired) electrons. The van der Waals surface area contributed by atoms with Crippen LogP contribution in [0.2, 0.25) is 0 Å². The summed E-state index contributed by atoms with van der Waals surface area (Å²) in [6.45, 7) is 3.93. The second kappa shape index (κ2) is 8.70. The molecule has 1 amide bonds. The van der Waals surface area contributed by atoms with E-state index in [1.807, 2.05) is 50.4 Å². The highest BCUT2D eigenvalue weighted by Gasteiger charge is 2.26. The van der Waals surface area contributed by atoms with Gasteiger partial charge in [-0.3, -0.25) is 9.52 Å². The number of hydrogen-bond donors (Lipinski definition) is 0. The van der Waals surface area contributed by atoms with Crippen LogP contribution < -0.4 is 0 Å². The van der Waals surface area contributed by atoms with Gasteiger partial charge in [-0.2, -0.15) is 10.2 Å². The predicted molar refractivity (Wildman–Crippen MR) is 91.4 cm³/mol. The molecule has 2 aromatic rings. The summed E-state index contributed by atoms with van der Waals surface area (Å²) in [5.74, 6) is 0. The summed E-state index contributed by atoms with van der Waals surface area (Å²) in [4.78, 5) is 18.2. The van der Waals surface area contributed by atoms with Gasteiger partial charge < -0.3 is 4.74 Å². The Bertz CT molecular complexity index is 646. The Kier molecular flexibility index (Phi) is 6.63. The van der Waals surface area contributed by atoms with Crippen LogP contribution in [0, 0.1) is 0 Å². The molecule has 1 aromatic heterocycles. The van der Waals surface area contributed by atoms with E-state index >= 15 is 0 Å². The van der Waals surface area contributed by atoms with E-state index < -0.39 is 17.8 Å². The van der Waals surface area contributed by atoms with Crippen LogP contribution in [0.25, 0.3) is 0 Å². The lowest BCUT2D eigenvalue weighted by atomic mass is 10.1. The van der Waals surface area contributed by atoms with Crippen LogP contribution in [0.3, 0.4) is 0 Å². The number of hydrogen-bond acceptors (Lipinski definition) is 4. The Labute approximate surface area is 146 Å². The highest BCUT2D eigenvalue weighted by molar-refractivity contribution is 6.19. The number of rotatable bonds is 7. The van der Waals surface area contributed by atoms with Gasteiger partial charge in [0.2, 0.25) is 0 Å². The first kappa shape index (κ1) is 18.3. The minimum Gasteiger partial charge on any atom is -0.429 e. The van der Waals surface area contributed by atoms with Gasteiger partial charge in [0.05, 0.1) is 12.2 Å². The molecule has 0 bridgehead atoms. The predicted octanol–water partition coefficient (Wildman–Crippen LogP) is 3.87. The molecule has 7 heteroatoms. The van der Waals surface area contributed by atoms with E-state index in [9.17, 15) is 4.79 Å². The van der Waals surface area contributed by atoms with Crippen LogP contribution in [-0.2, 0) is 16.6 Å². The van der Waals surface area contributed by atoms with E-state index in [2.05, 4.69) is 5.10 Å². The maximum Gasteiger partial charge on any atom is 0.435 e. The third-order valence-corrected chi connectivity index (χ3v) is 3.45. The number of carbonyl (C=O) groups is 1. The summed E-state index contributed by atoms with van der Waals surface area (Å²) in [7, 11) is 1.83. The molecule has 0 aliphatic heterocycles. The molecule has 1 heterocycles. The number of carbonyl (C=O) groups excluding carboxylic acids is 1. The van der Waals surface area contributed by atoms with Crippen LogP contribution in [0.1, 0.15) is 37.6 Å². The molecule has 0 spiro atoms. The second-order valence-corrected chi connectivity index (χ2v) is 5.92. The van der Waals surface area contributed by atoms with Crippen LogP contribution in [0.15, 0.2) is 42.6 Å². The molecule has 0 saturated carbocycles. The van der Waals surface area contributed by atoms with Crippen molar-refractivity contribution in [3.8, 4) is 0 Å². The van der Waals surface area contributed by atoms with Crippen molar-refractivity contribution in [2.75, 3.05) is 6.54 Å². The highest BCUT2D eigenvalue weighted by Crippen LogP contribution is 2.27. The van der Waals surface area contributed by atoms with Crippen molar-refractivity contribution in [2.45, 2.75) is 31.9 Å². The fourth-order valence-corrected chi connectivity index (χ4v) is 2.35. The standard InChI is InChI=1S/C17H22ClN3O3/c1-4-12-21(17(22)23-13(2)18)24-16(14-8-6-5-7-9-14)15-10-11-19-20(15)3/h5-11,13,16H,4,12H2,1-3H3/t13?,16-/m0/s1. The second-order valence-electron chi connectivity index (χ2n) is 5.30. The Balaban J connectivity index is 2.29. The van der Waals surface area contributed by atoms with Gasteiger partial charge in [0.25, 0.3) is 0 Å². The van der Waals surface area contributed by atoms with E-state index in [4.69, 9.17) is 21.2 Å². The number of nitrogens with zero attached hydrogens (tertiary/aromatic N) is 3. The van der Waals surface area contributed by atoms with Crippen LogP contribution in [0.4, 0.5) is 4.79 Å². The SMILES string of the molecule is CCCN(O[C@@H](c1ccccc1)c1ccnn1C)C(=O)OC(C)Cl. The first-order valence-corrected chi connectivity index (χ1v) is 8.28. The number of hydroxylamine groups is 2. The topological polar surface area (TPSA) is 56.6 Å². The van der Waals surface area contributed by atoms with Crippen LogP contribution in [0.5, 0.6) is 0 Å². The summed E-state index contributed by atoms with van der Waals surface area (Å²) < 4.78 is 6.77. The zero-order valence-corrected chi connectivity index (χ0v) is 14.8. The molecule has 6 nitrogen and oxygen atoms in total. The van der Waals surface area contributed by atoms with Crippen molar-refractivity contribution in [1.29, 1.82) is 0 Å². The van der Waals surface area contributed by atoms with Gasteiger partial charge in [-0.05, 0) is 25.0 Å². The molecule has 1 aromatic carbocycles. The van der Waals surface area contributed by atoms with E-state index in [0.717, 1.165) is 17.7 Å². The summed E-state index contributed by atoms with van der Waals surface area (Å²) in [5, 5.41) is 5.40. The van der Waals surface area contributed by atoms with Gasteiger partial charge >= 0.3 is 6.09 Å². The average molecular weight is 352 g/mol. The van der Waals surface area contributed by atoms with Crippen molar-refractivity contribution in [2.24, 2.45) is 7.05 Å². The number of aromatic nitrogens is 2. The van der Waals surface area contributed by atoms with Gasteiger partial charge in [-0.15, -0.1) is 0 Å². The maximum absolute atomic E-state index is 12.2. The summed E-state index contributed by atoms with van der Waals surface area (Å²) in [5.41, 5.74) is 1.01. The van der Waals surface area contributed by atoms with E-state index in [1.54, 1.807) is 17.8 Å². The van der Waals surface area contributed by atoms with E-state index in [-0.39, 0.29) is 0 Å². The smallest absolute Gasteiger partial charge is 0.429 e. The lowest BCUT2D eigenvalue weighted by Gasteiger charge is -2.27. The summed E-state index contributed by atoms with van der Waals surface area (Å²) >= 11 is 5.76. The molecule has 0 aliphatic rings. The normalized spacial score (nSPS) is 13.3. The van der Waals surface area contributed by atoms with Gasteiger partial charge in [-0.25, -0.2) is 4.79 Å². The van der Waals surface area contributed by atoms with Gasteiger partial charge in [0.1, 0.15) is 0 Å². The first-order chi connectivity index (χ1) is 11.5. The number of ether oxygens (including phenoxy) is 1. The molecule has 24 heavy (non-hydrogen) atoms. The molecular formula is C17H22ClN3O3. The van der Waals surface area contributed by atoms with E-state index in [1.165, 1.54) is 5.06 Å². The molecule has 2 atom stereocenters. The lowest BCUT2D eigenvalue weighted by molar-refractivity contribution is -0.167. The fourth-order valence-electron chi connectivity index (χ4n) is 2.27. The van der Waals surface area contributed by atoms with Crippen molar-refractivity contribution in [1.82, 2.24) is 14.8 Å². The van der Waals surface area contributed by atoms with Gasteiger partial charge in [-0.1, -0.05) is 48.9 Å². The molecule has 0 N–H and O–H groups in total. The largest absolute Gasteiger partial charge is 0.435 e. The monoisotopic (exact) mass is 351 g/mol. The van der Waals surface area contributed by atoms with Gasteiger partial charge in [0.15, 0.2) is 11.7 Å². The Morgan fingerprint density at radius 2 is 2.04 bits per heavy atom. The van der Waals surface area contributed by atoms with Crippen molar-refractivity contribution in [3.63, 3.8) is 0 Å². The Morgan fingerprint density at radius 1 is 1.33 bits per heavy atom. The summed E-state index contributed by atoms with van der Waals surface area (Å²) in [6, 6.07) is 11.5. The summed E-state index contributed by atoms with van der Waals surface area (Å²) in [6.07, 6.45) is 1.32. The maximum atomic E-state index is 12.2. The number of benzene rings is 1. The van der Waals surface area contributed by atoms with Crippen molar-refractivity contribution in [3.05, 3.63) is 53.9 Å². The average Bonchev–Trinajstić information content (AvgIpc) is 2.97. The highest BCUT2D eigenvalue weighted by atomic mass is 35.5. The fraction of sp³-hybridized carbons (Fsp3) is 0.412. The number of alkyl halides is 1. The molecule has 130 valence electrons. The number of aryl methyl sites for hydroxylation is 1. The number of halogens is 1. The molecule has 1 unspecified atom stereocenters. The zero-order chi connectivity index (χ0) is 17.5. The Hall–Kier alpha value is -2.05. The van der Waals surface area contributed by atoms with Crippen LogP contribution in [-0.4, -0.2) is 33.0 Å². The lowest BCUT2D eigenvalue weighted by Crippen LogP contribution is -2.35.